The number of aliphatic carboxylic acids is 1. The Morgan fingerprint density at radius 3 is 2.57 bits per heavy atom. The average molecular weight is 312 g/mol. The summed E-state index contributed by atoms with van der Waals surface area (Å²) >= 11 is 0. The number of rotatable bonds is 4. The second kappa shape index (κ2) is 6.43. The van der Waals surface area contributed by atoms with Crippen LogP contribution in [0.2, 0.25) is 0 Å². The Hall–Kier alpha value is -2.96. The molecule has 1 aromatic carbocycles. The second-order valence-electron chi connectivity index (χ2n) is 5.29. The van der Waals surface area contributed by atoms with Crippen molar-refractivity contribution >= 4 is 23.4 Å². The van der Waals surface area contributed by atoms with Gasteiger partial charge in [-0.05, 0) is 37.1 Å². The largest absolute Gasteiger partial charge is 0.480 e. The minimum Gasteiger partial charge on any atom is -0.480 e. The molecule has 1 saturated heterocycles. The van der Waals surface area contributed by atoms with Crippen LogP contribution in [0.3, 0.4) is 0 Å². The van der Waals surface area contributed by atoms with Crippen LogP contribution in [0, 0.1) is 0 Å². The van der Waals surface area contributed by atoms with Crippen molar-refractivity contribution in [2.45, 2.75) is 18.9 Å². The first-order valence-corrected chi connectivity index (χ1v) is 7.35. The van der Waals surface area contributed by atoms with E-state index in [0.717, 1.165) is 6.42 Å². The summed E-state index contributed by atoms with van der Waals surface area (Å²) in [6.45, 7) is 0.626. The zero-order chi connectivity index (χ0) is 16.2. The molecule has 1 aromatic heterocycles. The molecule has 3 rings (SSSR count). The van der Waals surface area contributed by atoms with Crippen LogP contribution in [-0.2, 0) is 4.79 Å². The third kappa shape index (κ3) is 3.28. The number of nitrogens with zero attached hydrogens (tertiary/aromatic N) is 3. The van der Waals surface area contributed by atoms with E-state index in [-0.39, 0.29) is 11.6 Å². The van der Waals surface area contributed by atoms with Gasteiger partial charge in [0.2, 0.25) is 0 Å². The van der Waals surface area contributed by atoms with Crippen LogP contribution in [0.15, 0.2) is 42.5 Å². The summed E-state index contributed by atoms with van der Waals surface area (Å²) in [5.74, 6) is -0.743. The molecular weight excluding hydrogens is 296 g/mol. The standard InChI is InChI=1S/C16H16N4O3/c21-15(17-11-5-2-1-3-6-11)12-8-9-14(19-18-12)20-10-4-7-13(20)16(22)23/h1-3,5-6,8-9,13H,4,7,10H2,(H,17,21)(H,22,23)/t13-/m1/s1. The summed E-state index contributed by atoms with van der Waals surface area (Å²) in [6, 6.07) is 11.7. The number of hydrogen-bond donors (Lipinski definition) is 2. The molecule has 0 spiro atoms. The molecule has 0 aliphatic carbocycles. The third-order valence-corrected chi connectivity index (χ3v) is 3.75. The lowest BCUT2D eigenvalue weighted by Crippen LogP contribution is -2.36. The summed E-state index contributed by atoms with van der Waals surface area (Å²) < 4.78 is 0. The SMILES string of the molecule is O=C(Nc1ccccc1)c1ccc(N2CCC[C@@H]2C(=O)O)nn1. The molecule has 0 unspecified atom stereocenters. The quantitative estimate of drug-likeness (QED) is 0.893. The normalized spacial score (nSPS) is 17.0. The molecule has 0 bridgehead atoms. The third-order valence-electron chi connectivity index (χ3n) is 3.75. The summed E-state index contributed by atoms with van der Waals surface area (Å²) in [6.07, 6.45) is 1.39. The van der Waals surface area contributed by atoms with Crippen molar-refractivity contribution < 1.29 is 14.7 Å². The smallest absolute Gasteiger partial charge is 0.326 e. The van der Waals surface area contributed by atoms with Crippen LogP contribution in [0.25, 0.3) is 0 Å². The van der Waals surface area contributed by atoms with E-state index in [0.29, 0.717) is 24.5 Å². The summed E-state index contributed by atoms with van der Waals surface area (Å²) in [7, 11) is 0. The number of carboxylic acid groups (broad SMARTS) is 1. The first-order chi connectivity index (χ1) is 11.1. The van der Waals surface area contributed by atoms with Crippen molar-refractivity contribution in [3.05, 3.63) is 48.2 Å². The van der Waals surface area contributed by atoms with E-state index in [1.807, 2.05) is 18.2 Å². The fourth-order valence-corrected chi connectivity index (χ4v) is 2.61. The Kier molecular flexibility index (Phi) is 4.18. The number of amides is 1. The van der Waals surface area contributed by atoms with Gasteiger partial charge in [-0.1, -0.05) is 18.2 Å². The highest BCUT2D eigenvalue weighted by molar-refractivity contribution is 6.02. The molecule has 1 amide bonds. The number of carboxylic acids is 1. The number of anilines is 2. The highest BCUT2D eigenvalue weighted by Crippen LogP contribution is 2.23. The minimum atomic E-state index is -0.866. The Morgan fingerprint density at radius 1 is 1.13 bits per heavy atom. The number of hydrogen-bond acceptors (Lipinski definition) is 5. The molecule has 23 heavy (non-hydrogen) atoms. The highest BCUT2D eigenvalue weighted by Gasteiger charge is 2.31. The predicted octanol–water partition coefficient (Wildman–Crippen LogP) is 1.78. The molecule has 0 radical (unpaired) electrons. The van der Waals surface area contributed by atoms with E-state index in [1.165, 1.54) is 0 Å². The zero-order valence-corrected chi connectivity index (χ0v) is 12.3. The molecule has 1 aliphatic heterocycles. The molecule has 0 saturated carbocycles. The van der Waals surface area contributed by atoms with E-state index < -0.39 is 12.0 Å². The number of carbonyl (C=O) groups excluding carboxylic acids is 1. The maximum absolute atomic E-state index is 12.1. The van der Waals surface area contributed by atoms with E-state index in [4.69, 9.17) is 0 Å². The molecule has 1 atom stereocenters. The summed E-state index contributed by atoms with van der Waals surface area (Å²) in [5, 5.41) is 19.8. The van der Waals surface area contributed by atoms with Gasteiger partial charge in [-0.15, -0.1) is 10.2 Å². The van der Waals surface area contributed by atoms with Crippen LogP contribution in [-0.4, -0.2) is 39.8 Å². The zero-order valence-electron chi connectivity index (χ0n) is 12.3. The van der Waals surface area contributed by atoms with Gasteiger partial charge >= 0.3 is 5.97 Å². The van der Waals surface area contributed by atoms with Crippen molar-refractivity contribution in [3.63, 3.8) is 0 Å². The number of para-hydroxylation sites is 1. The fraction of sp³-hybridized carbons (Fsp3) is 0.250. The lowest BCUT2D eigenvalue weighted by Gasteiger charge is -2.21. The van der Waals surface area contributed by atoms with Gasteiger partial charge in [-0.3, -0.25) is 4.79 Å². The maximum Gasteiger partial charge on any atom is 0.326 e. The highest BCUT2D eigenvalue weighted by atomic mass is 16.4. The van der Waals surface area contributed by atoms with Crippen LogP contribution >= 0.6 is 0 Å². The fourth-order valence-electron chi connectivity index (χ4n) is 2.61. The van der Waals surface area contributed by atoms with Gasteiger partial charge in [-0.25, -0.2) is 4.79 Å². The maximum atomic E-state index is 12.1. The molecule has 2 heterocycles. The van der Waals surface area contributed by atoms with Gasteiger partial charge < -0.3 is 15.3 Å². The molecule has 1 aliphatic rings. The van der Waals surface area contributed by atoms with E-state index in [1.54, 1.807) is 29.2 Å². The van der Waals surface area contributed by atoms with Gasteiger partial charge in [-0.2, -0.15) is 0 Å². The van der Waals surface area contributed by atoms with Gasteiger partial charge in [0.25, 0.3) is 5.91 Å². The van der Waals surface area contributed by atoms with Crippen LogP contribution in [0.1, 0.15) is 23.3 Å². The van der Waals surface area contributed by atoms with Crippen LogP contribution < -0.4 is 10.2 Å². The lowest BCUT2D eigenvalue weighted by atomic mass is 10.2. The molecule has 7 heteroatoms. The topological polar surface area (TPSA) is 95.4 Å². The number of nitrogens with one attached hydrogen (secondary N) is 1. The van der Waals surface area contributed by atoms with Crippen molar-refractivity contribution in [1.82, 2.24) is 10.2 Å². The predicted molar refractivity (Wildman–Crippen MR) is 84.4 cm³/mol. The number of carbonyl (C=O) groups is 2. The molecule has 1 fully saturated rings. The van der Waals surface area contributed by atoms with Gasteiger partial charge in [0.1, 0.15) is 6.04 Å². The van der Waals surface area contributed by atoms with Crippen molar-refractivity contribution in [3.8, 4) is 0 Å². The Bertz CT molecular complexity index is 703. The van der Waals surface area contributed by atoms with Crippen molar-refractivity contribution in [2.24, 2.45) is 0 Å². The average Bonchev–Trinajstić information content (AvgIpc) is 3.06. The Morgan fingerprint density at radius 2 is 1.91 bits per heavy atom. The van der Waals surface area contributed by atoms with E-state index in [9.17, 15) is 14.7 Å². The Balaban J connectivity index is 1.72. The van der Waals surface area contributed by atoms with E-state index >= 15 is 0 Å². The number of aromatic nitrogens is 2. The van der Waals surface area contributed by atoms with Gasteiger partial charge in [0.15, 0.2) is 11.5 Å². The molecule has 7 nitrogen and oxygen atoms in total. The molecular formula is C16H16N4O3. The van der Waals surface area contributed by atoms with E-state index in [2.05, 4.69) is 15.5 Å². The first-order valence-electron chi connectivity index (χ1n) is 7.35. The molecule has 2 N–H and O–H groups in total. The van der Waals surface area contributed by atoms with Crippen molar-refractivity contribution in [2.75, 3.05) is 16.8 Å². The second-order valence-corrected chi connectivity index (χ2v) is 5.29. The van der Waals surface area contributed by atoms with Crippen molar-refractivity contribution in [1.29, 1.82) is 0 Å². The van der Waals surface area contributed by atoms with Gasteiger partial charge in [0.05, 0.1) is 0 Å². The monoisotopic (exact) mass is 312 g/mol. The molecule has 118 valence electrons. The summed E-state index contributed by atoms with van der Waals surface area (Å²) in [5.41, 5.74) is 0.859. The molecule has 2 aromatic rings. The lowest BCUT2D eigenvalue weighted by molar-refractivity contribution is -0.138. The Labute approximate surface area is 133 Å². The number of benzene rings is 1. The minimum absolute atomic E-state index is 0.184. The summed E-state index contributed by atoms with van der Waals surface area (Å²) in [4.78, 5) is 25.0. The first kappa shape index (κ1) is 15.0. The van der Waals surface area contributed by atoms with Crippen LogP contribution in [0.5, 0.6) is 0 Å². The van der Waals surface area contributed by atoms with Crippen LogP contribution in [0.4, 0.5) is 11.5 Å². The van der Waals surface area contributed by atoms with Gasteiger partial charge in [0, 0.05) is 12.2 Å².